The van der Waals surface area contributed by atoms with Gasteiger partial charge in [-0.05, 0) is 20.9 Å². The van der Waals surface area contributed by atoms with Crippen LogP contribution in [-0.2, 0) is 20.2 Å². The largest absolute Gasteiger partial charge is 0.483 e. The van der Waals surface area contributed by atoms with Gasteiger partial charge in [0.1, 0.15) is 17.3 Å². The maximum Gasteiger partial charge on any atom is 0.163 e. The van der Waals surface area contributed by atoms with E-state index in [1.165, 1.54) is 0 Å². The molecule has 0 aliphatic heterocycles. The maximum absolute atomic E-state index is 5.81. The molecule has 98 valence electrons. The zero-order valence-electron chi connectivity index (χ0n) is 11.1. The molecule has 2 aromatic heterocycles. The normalized spacial score (nSPS) is 10.9. The fourth-order valence-corrected chi connectivity index (χ4v) is 2.55. The number of nitrogens with zero attached hydrogens (tertiary/aromatic N) is 3. The highest BCUT2D eigenvalue weighted by Crippen LogP contribution is 2.22. The van der Waals surface area contributed by atoms with Gasteiger partial charge in [-0.1, -0.05) is 0 Å². The summed E-state index contributed by atoms with van der Waals surface area (Å²) in [5, 5.41) is 10.5. The summed E-state index contributed by atoms with van der Waals surface area (Å²) < 4.78 is 7.64. The molecule has 0 aliphatic rings. The summed E-state index contributed by atoms with van der Waals surface area (Å²) in [6, 6.07) is 0. The minimum absolute atomic E-state index is 0.494. The van der Waals surface area contributed by atoms with E-state index in [2.05, 4.69) is 15.4 Å². The lowest BCUT2D eigenvalue weighted by atomic mass is 10.3. The van der Waals surface area contributed by atoms with Gasteiger partial charge in [-0.25, -0.2) is 4.98 Å². The molecule has 0 unspecified atom stereocenters. The molecule has 0 spiro atoms. The topological polar surface area (TPSA) is 52.0 Å². The molecule has 1 N–H and O–H groups in total. The van der Waals surface area contributed by atoms with E-state index in [9.17, 15) is 0 Å². The highest BCUT2D eigenvalue weighted by atomic mass is 32.1. The molecule has 2 aromatic rings. The van der Waals surface area contributed by atoms with Crippen LogP contribution in [0.2, 0.25) is 0 Å². The van der Waals surface area contributed by atoms with E-state index >= 15 is 0 Å². The third-order valence-electron chi connectivity index (χ3n) is 2.73. The Balaban J connectivity index is 2.02. The summed E-state index contributed by atoms with van der Waals surface area (Å²) in [5.41, 5.74) is 2.92. The molecule has 0 atom stereocenters. The average molecular weight is 266 g/mol. The Kier molecular flexibility index (Phi) is 3.98. The SMILES string of the molecule is CNCc1nc(COc2c(C)nn(C)c2C)cs1. The van der Waals surface area contributed by atoms with Gasteiger partial charge in [0.2, 0.25) is 0 Å². The molecule has 0 saturated carbocycles. The first-order valence-electron chi connectivity index (χ1n) is 5.82. The predicted octanol–water partition coefficient (Wildman–Crippen LogP) is 1.79. The number of rotatable bonds is 5. The number of aryl methyl sites for hydroxylation is 2. The van der Waals surface area contributed by atoms with Crippen LogP contribution in [0.5, 0.6) is 5.75 Å². The van der Waals surface area contributed by atoms with Crippen LogP contribution in [0.25, 0.3) is 0 Å². The van der Waals surface area contributed by atoms with Crippen LogP contribution < -0.4 is 10.1 Å². The lowest BCUT2D eigenvalue weighted by Crippen LogP contribution is -2.05. The Morgan fingerprint density at radius 3 is 2.83 bits per heavy atom. The Bertz CT molecular complexity index is 532. The Morgan fingerprint density at radius 2 is 2.22 bits per heavy atom. The summed E-state index contributed by atoms with van der Waals surface area (Å²) in [5.74, 6) is 0.862. The van der Waals surface area contributed by atoms with Gasteiger partial charge in [0.15, 0.2) is 5.75 Å². The molecule has 0 amide bonds. The molecule has 6 heteroatoms. The van der Waals surface area contributed by atoms with Crippen molar-refractivity contribution in [3.63, 3.8) is 0 Å². The van der Waals surface area contributed by atoms with Gasteiger partial charge >= 0.3 is 0 Å². The Labute approximate surface area is 111 Å². The van der Waals surface area contributed by atoms with Crippen molar-refractivity contribution < 1.29 is 4.74 Å². The van der Waals surface area contributed by atoms with Crippen molar-refractivity contribution in [2.24, 2.45) is 7.05 Å². The summed E-state index contributed by atoms with van der Waals surface area (Å²) in [6.07, 6.45) is 0. The number of ether oxygens (including phenoxy) is 1. The van der Waals surface area contributed by atoms with Gasteiger partial charge in [-0.3, -0.25) is 4.68 Å². The lowest BCUT2D eigenvalue weighted by Gasteiger charge is -2.04. The average Bonchev–Trinajstić information content (AvgIpc) is 2.85. The zero-order valence-corrected chi connectivity index (χ0v) is 12.0. The van der Waals surface area contributed by atoms with Crippen LogP contribution in [0.4, 0.5) is 0 Å². The highest BCUT2D eigenvalue weighted by molar-refractivity contribution is 7.09. The van der Waals surface area contributed by atoms with Crippen LogP contribution in [0, 0.1) is 13.8 Å². The smallest absolute Gasteiger partial charge is 0.163 e. The molecule has 0 aliphatic carbocycles. The number of thiazole rings is 1. The maximum atomic E-state index is 5.81. The minimum Gasteiger partial charge on any atom is -0.483 e. The van der Waals surface area contributed by atoms with E-state index in [1.54, 1.807) is 11.3 Å². The van der Waals surface area contributed by atoms with E-state index in [1.807, 2.05) is 38.0 Å². The quantitative estimate of drug-likeness (QED) is 0.896. The second-order valence-corrected chi connectivity index (χ2v) is 5.12. The molecule has 2 rings (SSSR count). The molecule has 0 bridgehead atoms. The third-order valence-corrected chi connectivity index (χ3v) is 3.63. The van der Waals surface area contributed by atoms with Crippen molar-refractivity contribution in [2.45, 2.75) is 27.0 Å². The fourth-order valence-electron chi connectivity index (χ4n) is 1.76. The molecule has 2 heterocycles. The molecule has 5 nitrogen and oxygen atoms in total. The first-order chi connectivity index (χ1) is 8.61. The second kappa shape index (κ2) is 5.49. The lowest BCUT2D eigenvalue weighted by molar-refractivity contribution is 0.297. The van der Waals surface area contributed by atoms with Gasteiger partial charge in [-0.15, -0.1) is 11.3 Å². The van der Waals surface area contributed by atoms with E-state index in [-0.39, 0.29) is 0 Å². The van der Waals surface area contributed by atoms with Gasteiger partial charge in [0.05, 0.1) is 11.4 Å². The number of aromatic nitrogens is 3. The molecular formula is C12H18N4OS. The molecular weight excluding hydrogens is 248 g/mol. The number of hydrogen-bond acceptors (Lipinski definition) is 5. The second-order valence-electron chi connectivity index (χ2n) is 4.18. The van der Waals surface area contributed by atoms with Crippen molar-refractivity contribution in [2.75, 3.05) is 7.05 Å². The van der Waals surface area contributed by atoms with Crippen LogP contribution in [-0.4, -0.2) is 21.8 Å². The van der Waals surface area contributed by atoms with Crippen molar-refractivity contribution in [1.29, 1.82) is 0 Å². The minimum atomic E-state index is 0.494. The van der Waals surface area contributed by atoms with Crippen molar-refractivity contribution >= 4 is 11.3 Å². The first-order valence-corrected chi connectivity index (χ1v) is 6.70. The number of hydrogen-bond donors (Lipinski definition) is 1. The van der Waals surface area contributed by atoms with Crippen molar-refractivity contribution in [3.05, 3.63) is 27.5 Å². The van der Waals surface area contributed by atoms with Crippen LogP contribution in [0.3, 0.4) is 0 Å². The first kappa shape index (κ1) is 13.0. The van der Waals surface area contributed by atoms with Crippen LogP contribution >= 0.6 is 11.3 Å². The molecule has 0 fully saturated rings. The van der Waals surface area contributed by atoms with Gasteiger partial charge in [-0.2, -0.15) is 5.10 Å². The molecule has 0 aromatic carbocycles. The zero-order chi connectivity index (χ0) is 13.1. The van der Waals surface area contributed by atoms with E-state index in [4.69, 9.17) is 4.74 Å². The van der Waals surface area contributed by atoms with Gasteiger partial charge in [0, 0.05) is 19.0 Å². The summed E-state index contributed by atoms with van der Waals surface area (Å²) in [7, 11) is 3.84. The van der Waals surface area contributed by atoms with Gasteiger partial charge in [0.25, 0.3) is 0 Å². The summed E-state index contributed by atoms with van der Waals surface area (Å²) in [6.45, 7) is 5.25. The van der Waals surface area contributed by atoms with E-state index in [0.29, 0.717) is 6.61 Å². The molecule has 0 radical (unpaired) electrons. The number of nitrogens with one attached hydrogen (secondary N) is 1. The van der Waals surface area contributed by atoms with Crippen LogP contribution in [0.15, 0.2) is 5.38 Å². The van der Waals surface area contributed by atoms with Crippen molar-refractivity contribution in [1.82, 2.24) is 20.1 Å². The van der Waals surface area contributed by atoms with E-state index < -0.39 is 0 Å². The summed E-state index contributed by atoms with van der Waals surface area (Å²) >= 11 is 1.65. The van der Waals surface area contributed by atoms with Gasteiger partial charge < -0.3 is 10.1 Å². The fraction of sp³-hybridized carbons (Fsp3) is 0.500. The summed E-state index contributed by atoms with van der Waals surface area (Å²) in [4.78, 5) is 4.48. The highest BCUT2D eigenvalue weighted by Gasteiger charge is 2.11. The third kappa shape index (κ3) is 2.70. The van der Waals surface area contributed by atoms with Crippen molar-refractivity contribution in [3.8, 4) is 5.75 Å². The van der Waals surface area contributed by atoms with E-state index in [0.717, 1.165) is 34.4 Å². The Hall–Kier alpha value is -1.40. The molecule has 0 saturated heterocycles. The predicted molar refractivity (Wildman–Crippen MR) is 71.9 cm³/mol. The Morgan fingerprint density at radius 1 is 1.44 bits per heavy atom. The monoisotopic (exact) mass is 266 g/mol. The standard InChI is InChI=1S/C12H18N4OS/c1-8-12(9(2)16(4)15-8)17-6-10-7-18-11(14-10)5-13-3/h7,13H,5-6H2,1-4H3. The molecule has 18 heavy (non-hydrogen) atoms. The van der Waals surface area contributed by atoms with Crippen LogP contribution in [0.1, 0.15) is 22.1 Å².